The second kappa shape index (κ2) is 12.6. The lowest BCUT2D eigenvalue weighted by Gasteiger charge is -2.27. The molecule has 1 aliphatic rings. The van der Waals surface area contributed by atoms with Crippen molar-refractivity contribution in [2.24, 2.45) is 5.92 Å². The molecule has 2 nitrogen and oxygen atoms in total. The lowest BCUT2D eigenvalue weighted by Crippen LogP contribution is -2.25. The standard InChI is InChI=1S/C31H38O2/c1-2-25-18-20-29(21-19-25)33-31(32-23-22-26-12-6-3-7-13-26)24-30(27-14-8-4-9-15-27)28-16-10-5-11-17-28/h4-5,8-11,14-21,26,30-31H,2-3,6-7,12-13,22-24H2,1H3. The highest BCUT2D eigenvalue weighted by Gasteiger charge is 2.23. The fourth-order valence-electron chi connectivity index (χ4n) is 4.98. The van der Waals surface area contributed by atoms with Gasteiger partial charge in [-0.1, -0.05) is 112 Å². The largest absolute Gasteiger partial charge is 0.465 e. The molecule has 1 fully saturated rings. The van der Waals surface area contributed by atoms with Gasteiger partial charge in [0.25, 0.3) is 0 Å². The minimum Gasteiger partial charge on any atom is -0.465 e. The van der Waals surface area contributed by atoms with Gasteiger partial charge in [-0.25, -0.2) is 0 Å². The molecule has 0 heterocycles. The van der Waals surface area contributed by atoms with E-state index in [-0.39, 0.29) is 12.2 Å². The van der Waals surface area contributed by atoms with Crippen LogP contribution in [0.4, 0.5) is 0 Å². The van der Waals surface area contributed by atoms with Gasteiger partial charge in [0, 0.05) is 12.3 Å². The predicted octanol–water partition coefficient (Wildman–Crippen LogP) is 8.16. The van der Waals surface area contributed by atoms with Crippen molar-refractivity contribution in [3.05, 3.63) is 102 Å². The first-order valence-corrected chi connectivity index (χ1v) is 12.8. The Bertz CT molecular complexity index is 875. The highest BCUT2D eigenvalue weighted by atomic mass is 16.7. The van der Waals surface area contributed by atoms with Gasteiger partial charge in [-0.05, 0) is 47.6 Å². The lowest BCUT2D eigenvalue weighted by molar-refractivity contribution is -0.0903. The molecule has 1 atom stereocenters. The zero-order chi connectivity index (χ0) is 22.7. The van der Waals surface area contributed by atoms with E-state index in [4.69, 9.17) is 9.47 Å². The molecule has 33 heavy (non-hydrogen) atoms. The van der Waals surface area contributed by atoms with E-state index in [9.17, 15) is 0 Å². The fourth-order valence-corrected chi connectivity index (χ4v) is 4.98. The molecule has 0 N–H and O–H groups in total. The van der Waals surface area contributed by atoms with Crippen molar-refractivity contribution in [3.63, 3.8) is 0 Å². The van der Waals surface area contributed by atoms with Gasteiger partial charge < -0.3 is 9.47 Å². The molecule has 174 valence electrons. The third kappa shape index (κ3) is 7.20. The lowest BCUT2D eigenvalue weighted by atomic mass is 9.87. The molecule has 1 unspecified atom stereocenters. The van der Waals surface area contributed by atoms with Gasteiger partial charge in [0.1, 0.15) is 5.75 Å². The van der Waals surface area contributed by atoms with Crippen LogP contribution in [0.15, 0.2) is 84.9 Å². The molecule has 1 aliphatic carbocycles. The molecule has 0 aromatic heterocycles. The Hall–Kier alpha value is -2.58. The maximum Gasteiger partial charge on any atom is 0.200 e. The Morgan fingerprint density at radius 3 is 1.94 bits per heavy atom. The van der Waals surface area contributed by atoms with Crippen LogP contribution in [0, 0.1) is 5.92 Å². The van der Waals surface area contributed by atoms with Crippen LogP contribution in [0.3, 0.4) is 0 Å². The van der Waals surface area contributed by atoms with Crippen molar-refractivity contribution < 1.29 is 9.47 Å². The van der Waals surface area contributed by atoms with Crippen LogP contribution >= 0.6 is 0 Å². The maximum atomic E-state index is 6.46. The summed E-state index contributed by atoms with van der Waals surface area (Å²) in [6, 6.07) is 30.0. The van der Waals surface area contributed by atoms with Gasteiger partial charge in [0.2, 0.25) is 6.29 Å². The van der Waals surface area contributed by atoms with E-state index < -0.39 is 0 Å². The van der Waals surface area contributed by atoms with Crippen molar-refractivity contribution in [2.45, 2.75) is 70.5 Å². The van der Waals surface area contributed by atoms with Crippen molar-refractivity contribution in [1.82, 2.24) is 0 Å². The molecule has 1 saturated carbocycles. The Morgan fingerprint density at radius 1 is 0.758 bits per heavy atom. The van der Waals surface area contributed by atoms with E-state index in [2.05, 4.69) is 91.9 Å². The summed E-state index contributed by atoms with van der Waals surface area (Å²) < 4.78 is 12.9. The summed E-state index contributed by atoms with van der Waals surface area (Å²) in [6.07, 6.45) is 9.51. The number of hydrogen-bond donors (Lipinski definition) is 0. The average molecular weight is 443 g/mol. The molecular weight excluding hydrogens is 404 g/mol. The molecule has 4 rings (SSSR count). The van der Waals surface area contributed by atoms with Crippen LogP contribution in [0.5, 0.6) is 5.75 Å². The molecule has 0 saturated heterocycles. The van der Waals surface area contributed by atoms with Gasteiger partial charge in [0.05, 0.1) is 6.61 Å². The quantitative estimate of drug-likeness (QED) is 0.279. The topological polar surface area (TPSA) is 18.5 Å². The van der Waals surface area contributed by atoms with Crippen LogP contribution in [-0.2, 0) is 11.2 Å². The summed E-state index contributed by atoms with van der Waals surface area (Å²) in [5, 5.41) is 0. The van der Waals surface area contributed by atoms with Crippen LogP contribution in [0.25, 0.3) is 0 Å². The summed E-state index contributed by atoms with van der Waals surface area (Å²) in [4.78, 5) is 0. The van der Waals surface area contributed by atoms with Crippen LogP contribution < -0.4 is 4.74 Å². The molecule has 0 spiro atoms. The third-order valence-corrected chi connectivity index (χ3v) is 6.99. The second-order valence-electron chi connectivity index (χ2n) is 9.32. The summed E-state index contributed by atoms with van der Waals surface area (Å²) in [7, 11) is 0. The summed E-state index contributed by atoms with van der Waals surface area (Å²) in [6.45, 7) is 2.94. The van der Waals surface area contributed by atoms with Crippen molar-refractivity contribution >= 4 is 0 Å². The van der Waals surface area contributed by atoms with Gasteiger partial charge in [-0.2, -0.15) is 0 Å². The minimum absolute atomic E-state index is 0.224. The van der Waals surface area contributed by atoms with Crippen molar-refractivity contribution in [2.75, 3.05) is 6.61 Å². The van der Waals surface area contributed by atoms with Crippen molar-refractivity contribution in [1.29, 1.82) is 0 Å². The molecule has 2 heteroatoms. The molecule has 0 aliphatic heterocycles. The number of ether oxygens (including phenoxy) is 2. The molecule has 3 aromatic rings. The molecule has 0 radical (unpaired) electrons. The van der Waals surface area contributed by atoms with Gasteiger partial charge >= 0.3 is 0 Å². The van der Waals surface area contributed by atoms with E-state index in [0.717, 1.165) is 37.5 Å². The van der Waals surface area contributed by atoms with E-state index in [1.54, 1.807) is 0 Å². The van der Waals surface area contributed by atoms with Gasteiger partial charge in [-0.3, -0.25) is 0 Å². The number of rotatable bonds is 11. The van der Waals surface area contributed by atoms with Crippen LogP contribution in [0.2, 0.25) is 0 Å². The Morgan fingerprint density at radius 2 is 1.36 bits per heavy atom. The van der Waals surface area contributed by atoms with E-state index in [0.29, 0.717) is 0 Å². The Kier molecular flexibility index (Phi) is 9.00. The summed E-state index contributed by atoms with van der Waals surface area (Å²) >= 11 is 0. The summed E-state index contributed by atoms with van der Waals surface area (Å²) in [5.41, 5.74) is 3.92. The van der Waals surface area contributed by atoms with Crippen molar-refractivity contribution in [3.8, 4) is 5.75 Å². The third-order valence-electron chi connectivity index (χ3n) is 6.99. The normalized spacial score (nSPS) is 15.5. The van der Waals surface area contributed by atoms with Gasteiger partial charge in [0.15, 0.2) is 0 Å². The Labute approximate surface area is 200 Å². The zero-order valence-electron chi connectivity index (χ0n) is 20.0. The Balaban J connectivity index is 1.50. The van der Waals surface area contributed by atoms with E-state index in [1.807, 2.05) is 0 Å². The first-order valence-electron chi connectivity index (χ1n) is 12.8. The van der Waals surface area contributed by atoms with Crippen LogP contribution in [0.1, 0.15) is 74.5 Å². The van der Waals surface area contributed by atoms with E-state index >= 15 is 0 Å². The summed E-state index contributed by atoms with van der Waals surface area (Å²) in [5.74, 6) is 1.92. The highest BCUT2D eigenvalue weighted by molar-refractivity contribution is 5.33. The first-order chi connectivity index (χ1) is 16.3. The predicted molar refractivity (Wildman–Crippen MR) is 137 cm³/mol. The SMILES string of the molecule is CCc1ccc(OC(CC(c2ccccc2)c2ccccc2)OCCC2CCCCC2)cc1. The maximum absolute atomic E-state index is 6.46. The second-order valence-corrected chi connectivity index (χ2v) is 9.32. The van der Waals surface area contributed by atoms with Gasteiger partial charge in [-0.15, -0.1) is 0 Å². The molecule has 0 bridgehead atoms. The fraction of sp³-hybridized carbons (Fsp3) is 0.419. The minimum atomic E-state index is -0.286. The monoisotopic (exact) mass is 442 g/mol. The average Bonchev–Trinajstić information content (AvgIpc) is 2.89. The van der Waals surface area contributed by atoms with Crippen LogP contribution in [-0.4, -0.2) is 12.9 Å². The smallest absolute Gasteiger partial charge is 0.200 e. The van der Waals surface area contributed by atoms with E-state index in [1.165, 1.54) is 48.8 Å². The molecule has 0 amide bonds. The number of hydrogen-bond acceptors (Lipinski definition) is 2. The molecule has 3 aromatic carbocycles. The highest BCUT2D eigenvalue weighted by Crippen LogP contribution is 2.32. The molecular formula is C31H38O2. The number of benzene rings is 3. The zero-order valence-corrected chi connectivity index (χ0v) is 20.0. The number of aryl methyl sites for hydroxylation is 1. The first kappa shape index (κ1) is 23.6.